The summed E-state index contributed by atoms with van der Waals surface area (Å²) < 4.78 is 18.7. The average Bonchev–Trinajstić information content (AvgIpc) is 2.32. The standard InChI is InChI=1S/C16H32O4Si3.4CH4/c1-21(2,3)19-23(7,20-22(4,5)6)14-8-13-18-16-11-9-15(17)10-12-16;;;;/h9-12,17H,8,13-14H2,1-7H3;4*1H4. The van der Waals surface area contributed by atoms with Crippen molar-refractivity contribution >= 4 is 25.2 Å². The molecule has 0 spiro atoms. The maximum absolute atomic E-state index is 9.28. The molecule has 1 aromatic rings. The lowest BCUT2D eigenvalue weighted by Crippen LogP contribution is -2.52. The molecular weight excluding hydrogens is 388 g/mol. The fourth-order valence-corrected chi connectivity index (χ4v) is 15.1. The van der Waals surface area contributed by atoms with Crippen molar-refractivity contribution in [1.82, 2.24) is 0 Å². The van der Waals surface area contributed by atoms with Crippen LogP contribution < -0.4 is 4.74 Å². The minimum atomic E-state index is -2.16. The molecule has 0 bridgehead atoms. The number of aromatic hydroxyl groups is 1. The van der Waals surface area contributed by atoms with Gasteiger partial charge in [0.15, 0.2) is 16.6 Å². The van der Waals surface area contributed by atoms with Gasteiger partial charge >= 0.3 is 8.56 Å². The molecule has 1 rings (SSSR count). The number of phenols is 1. The second kappa shape index (κ2) is 13.5. The predicted octanol–water partition coefficient (Wildman–Crippen LogP) is 7.48. The van der Waals surface area contributed by atoms with Crippen molar-refractivity contribution in [2.24, 2.45) is 0 Å². The van der Waals surface area contributed by atoms with Crippen LogP contribution in [-0.4, -0.2) is 36.9 Å². The summed E-state index contributed by atoms with van der Waals surface area (Å²) in [6, 6.07) is 7.78. The van der Waals surface area contributed by atoms with Crippen LogP contribution >= 0.6 is 0 Å². The lowest BCUT2D eigenvalue weighted by molar-refractivity contribution is 0.306. The average molecular weight is 437 g/mol. The van der Waals surface area contributed by atoms with Crippen molar-refractivity contribution in [1.29, 1.82) is 0 Å². The molecule has 164 valence electrons. The number of rotatable bonds is 9. The highest BCUT2D eigenvalue weighted by molar-refractivity contribution is 6.87. The van der Waals surface area contributed by atoms with Gasteiger partial charge in [-0.05, 0) is 82.6 Å². The zero-order valence-electron chi connectivity index (χ0n) is 15.6. The predicted molar refractivity (Wildman–Crippen MR) is 130 cm³/mol. The first-order valence-electron chi connectivity index (χ1n) is 8.21. The highest BCUT2D eigenvalue weighted by Crippen LogP contribution is 2.25. The molecule has 0 atom stereocenters. The van der Waals surface area contributed by atoms with Crippen LogP contribution in [0.1, 0.15) is 36.1 Å². The first-order valence-corrected chi connectivity index (χ1v) is 17.5. The fourth-order valence-electron chi connectivity index (χ4n) is 2.54. The molecule has 0 aliphatic carbocycles. The molecule has 0 saturated heterocycles. The Morgan fingerprint density at radius 2 is 1.15 bits per heavy atom. The summed E-state index contributed by atoms with van der Waals surface area (Å²) in [4.78, 5) is 0. The first-order chi connectivity index (χ1) is 10.4. The normalized spacial score (nSPS) is 11.2. The van der Waals surface area contributed by atoms with E-state index >= 15 is 0 Å². The number of benzene rings is 1. The summed E-state index contributed by atoms with van der Waals surface area (Å²) in [5, 5.41) is 9.28. The van der Waals surface area contributed by atoms with Gasteiger partial charge in [-0.1, -0.05) is 29.7 Å². The zero-order chi connectivity index (χ0) is 17.7. The van der Waals surface area contributed by atoms with Crippen molar-refractivity contribution in [3.8, 4) is 11.5 Å². The molecule has 0 aromatic heterocycles. The van der Waals surface area contributed by atoms with E-state index < -0.39 is 25.2 Å². The van der Waals surface area contributed by atoms with E-state index in [0.717, 1.165) is 18.2 Å². The quantitative estimate of drug-likeness (QED) is 0.322. The van der Waals surface area contributed by atoms with E-state index in [1.807, 2.05) is 0 Å². The van der Waals surface area contributed by atoms with Crippen LogP contribution in [-0.2, 0) is 8.23 Å². The summed E-state index contributed by atoms with van der Waals surface area (Å²) in [6.07, 6.45) is 0.915. The second-order valence-corrected chi connectivity index (χ2v) is 20.9. The Bertz CT molecular complexity index is 463. The van der Waals surface area contributed by atoms with Gasteiger partial charge in [-0.15, -0.1) is 0 Å². The number of phenolic OH excluding ortho intramolecular Hbond substituents is 1. The van der Waals surface area contributed by atoms with E-state index in [0.29, 0.717) is 6.61 Å². The third-order valence-corrected chi connectivity index (χ3v) is 12.5. The molecule has 0 heterocycles. The van der Waals surface area contributed by atoms with E-state index in [1.54, 1.807) is 24.3 Å². The van der Waals surface area contributed by atoms with Gasteiger partial charge in [0.1, 0.15) is 11.5 Å². The molecule has 27 heavy (non-hydrogen) atoms. The van der Waals surface area contributed by atoms with E-state index in [2.05, 4.69) is 45.8 Å². The first kappa shape index (κ1) is 33.9. The maximum atomic E-state index is 9.28. The molecule has 0 radical (unpaired) electrons. The van der Waals surface area contributed by atoms with Crippen molar-refractivity contribution in [2.45, 2.75) is 88.0 Å². The van der Waals surface area contributed by atoms with Crippen LogP contribution in [0, 0.1) is 0 Å². The molecule has 0 amide bonds. The van der Waals surface area contributed by atoms with Crippen LogP contribution in [0.4, 0.5) is 0 Å². The smallest absolute Gasteiger partial charge is 0.314 e. The molecule has 1 aromatic carbocycles. The topological polar surface area (TPSA) is 47.9 Å². The van der Waals surface area contributed by atoms with Gasteiger partial charge in [-0.2, -0.15) is 0 Å². The Hall–Kier alpha value is -0.609. The SMILES string of the molecule is C.C.C.C.C[Si](C)(C)O[Si](C)(CCCOc1ccc(O)cc1)O[Si](C)(C)C. The van der Waals surface area contributed by atoms with E-state index in [-0.39, 0.29) is 35.5 Å². The van der Waals surface area contributed by atoms with Gasteiger partial charge in [0.05, 0.1) is 6.61 Å². The number of hydrogen-bond acceptors (Lipinski definition) is 4. The second-order valence-electron chi connectivity index (χ2n) is 8.01. The lowest BCUT2D eigenvalue weighted by atomic mass is 10.3. The monoisotopic (exact) mass is 436 g/mol. The third-order valence-electron chi connectivity index (χ3n) is 2.92. The van der Waals surface area contributed by atoms with Gasteiger partial charge in [-0.3, -0.25) is 0 Å². The Labute approximate surface area is 173 Å². The van der Waals surface area contributed by atoms with Gasteiger partial charge in [0.2, 0.25) is 0 Å². The zero-order valence-corrected chi connectivity index (χ0v) is 18.6. The van der Waals surface area contributed by atoms with Gasteiger partial charge in [0, 0.05) is 0 Å². The molecule has 0 aliphatic heterocycles. The summed E-state index contributed by atoms with van der Waals surface area (Å²) in [5.41, 5.74) is 0. The van der Waals surface area contributed by atoms with Gasteiger partial charge in [0.25, 0.3) is 0 Å². The molecule has 0 fully saturated rings. The molecule has 0 saturated carbocycles. The molecule has 4 nitrogen and oxygen atoms in total. The maximum Gasteiger partial charge on any atom is 0.314 e. The van der Waals surface area contributed by atoms with E-state index in [4.69, 9.17) is 13.0 Å². The Morgan fingerprint density at radius 3 is 1.52 bits per heavy atom. The number of ether oxygens (including phenoxy) is 1. The number of hydrogen-bond donors (Lipinski definition) is 1. The fraction of sp³-hybridized carbons (Fsp3) is 0.700. The largest absolute Gasteiger partial charge is 0.508 e. The molecule has 0 aliphatic rings. The molecular formula is C20H48O4Si3. The van der Waals surface area contributed by atoms with Crippen LogP contribution in [0.2, 0.25) is 51.9 Å². The van der Waals surface area contributed by atoms with E-state index in [1.165, 1.54) is 0 Å². The highest BCUT2D eigenvalue weighted by Gasteiger charge is 2.39. The van der Waals surface area contributed by atoms with Crippen molar-refractivity contribution in [2.75, 3.05) is 6.61 Å². The summed E-state index contributed by atoms with van der Waals surface area (Å²) in [7, 11) is -5.43. The van der Waals surface area contributed by atoms with Crippen LogP contribution in [0.5, 0.6) is 11.5 Å². The minimum Gasteiger partial charge on any atom is -0.508 e. The lowest BCUT2D eigenvalue weighted by Gasteiger charge is -2.38. The van der Waals surface area contributed by atoms with Crippen LogP contribution in [0.25, 0.3) is 0 Å². The summed E-state index contributed by atoms with van der Waals surface area (Å²) in [6.45, 7) is 16.2. The Balaban J connectivity index is -0.000000661. The van der Waals surface area contributed by atoms with Gasteiger partial charge in [-0.25, -0.2) is 0 Å². The van der Waals surface area contributed by atoms with Crippen molar-refractivity contribution < 1.29 is 18.1 Å². The third kappa shape index (κ3) is 16.1. The molecule has 7 heteroatoms. The Kier molecular flexibility index (Phi) is 17.0. The van der Waals surface area contributed by atoms with Crippen molar-refractivity contribution in [3.63, 3.8) is 0 Å². The summed E-state index contributed by atoms with van der Waals surface area (Å²) >= 11 is 0. The molecule has 1 N–H and O–H groups in total. The molecule has 0 unspecified atom stereocenters. The Morgan fingerprint density at radius 1 is 0.741 bits per heavy atom. The van der Waals surface area contributed by atoms with Gasteiger partial charge < -0.3 is 18.1 Å². The summed E-state index contributed by atoms with van der Waals surface area (Å²) in [5.74, 6) is 1.04. The highest BCUT2D eigenvalue weighted by atomic mass is 28.5. The van der Waals surface area contributed by atoms with Crippen molar-refractivity contribution in [3.05, 3.63) is 24.3 Å². The van der Waals surface area contributed by atoms with E-state index in [9.17, 15) is 5.11 Å². The van der Waals surface area contributed by atoms with Crippen LogP contribution in [0.15, 0.2) is 24.3 Å². The minimum absolute atomic E-state index is 0. The van der Waals surface area contributed by atoms with Crippen LogP contribution in [0.3, 0.4) is 0 Å².